The van der Waals surface area contributed by atoms with Gasteiger partial charge in [0.25, 0.3) is 0 Å². The second-order valence-electron chi connectivity index (χ2n) is 8.22. The summed E-state index contributed by atoms with van der Waals surface area (Å²) in [7, 11) is 0. The van der Waals surface area contributed by atoms with Gasteiger partial charge in [-0.3, -0.25) is 0 Å². The Hall–Kier alpha value is -3.83. The molecule has 8 bridgehead atoms. The average Bonchev–Trinajstić information content (AvgIpc) is 3.56. The summed E-state index contributed by atoms with van der Waals surface area (Å²) < 4.78 is 0. The summed E-state index contributed by atoms with van der Waals surface area (Å²) in [4.78, 5) is 21.5. The largest absolute Gasteiger partial charge is 0.249 e. The zero-order valence-electron chi connectivity index (χ0n) is 18.3. The van der Waals surface area contributed by atoms with Crippen LogP contribution in [0.3, 0.4) is 0 Å². The Bertz CT molecular complexity index is 1460. The van der Waals surface area contributed by atoms with Crippen LogP contribution in [0.15, 0.2) is 138 Å². The summed E-state index contributed by atoms with van der Waals surface area (Å²) in [6.07, 6.45) is 22.3. The van der Waals surface area contributed by atoms with Gasteiger partial charge in [-0.15, -0.1) is 0 Å². The maximum Gasteiger partial charge on any atom is 0.0798 e. The molecule has 0 amide bonds. The van der Waals surface area contributed by atoms with Crippen molar-refractivity contribution < 1.29 is 0 Å². The van der Waals surface area contributed by atoms with Crippen molar-refractivity contribution in [3.63, 3.8) is 0 Å². The Morgan fingerprint density at radius 1 is 0.545 bits per heavy atom. The fourth-order valence-corrected chi connectivity index (χ4v) is 5.09. The molecule has 0 radical (unpaired) electrons. The van der Waals surface area contributed by atoms with Gasteiger partial charge in [0.05, 0.1) is 45.6 Å². The first-order valence-electron chi connectivity index (χ1n) is 10.8. The SMILES string of the molecule is Cc1cccc(C)c1SC1=CC2=CC3=NC(=CC4=NC(=CC5=NC(=CC1=N2)C=C5)C=C4)C=C3. The predicted molar refractivity (Wildman–Crippen MR) is 139 cm³/mol. The van der Waals surface area contributed by atoms with Crippen molar-refractivity contribution in [2.75, 3.05) is 0 Å². The number of hydrogen-bond donors (Lipinski definition) is 0. The van der Waals surface area contributed by atoms with Crippen LogP contribution < -0.4 is 0 Å². The molecule has 4 nitrogen and oxygen atoms in total. The van der Waals surface area contributed by atoms with Gasteiger partial charge >= 0.3 is 0 Å². The van der Waals surface area contributed by atoms with E-state index in [0.29, 0.717) is 0 Å². The summed E-state index contributed by atoms with van der Waals surface area (Å²) >= 11 is 1.76. The highest BCUT2D eigenvalue weighted by Gasteiger charge is 2.19. The lowest BCUT2D eigenvalue weighted by Gasteiger charge is -2.10. The summed E-state index contributed by atoms with van der Waals surface area (Å²) in [5, 5.41) is 0. The lowest BCUT2D eigenvalue weighted by Crippen LogP contribution is -1.95. The maximum atomic E-state index is 4.93. The molecule has 0 aliphatic carbocycles. The number of benzene rings is 1. The van der Waals surface area contributed by atoms with Crippen molar-refractivity contribution in [3.8, 4) is 0 Å². The lowest BCUT2D eigenvalue weighted by molar-refractivity contribution is 1.22. The monoisotopic (exact) mass is 444 g/mol. The minimum Gasteiger partial charge on any atom is -0.249 e. The molecule has 6 rings (SSSR count). The highest BCUT2D eigenvalue weighted by Crippen LogP contribution is 2.37. The van der Waals surface area contributed by atoms with Gasteiger partial charge in [-0.2, -0.15) is 0 Å². The number of hydrogen-bond acceptors (Lipinski definition) is 5. The Kier molecular flexibility index (Phi) is 4.77. The minimum atomic E-state index is 0.882. The van der Waals surface area contributed by atoms with E-state index in [2.05, 4.69) is 49.2 Å². The molecule has 5 aliphatic rings. The van der Waals surface area contributed by atoms with E-state index in [9.17, 15) is 0 Å². The molecule has 158 valence electrons. The molecule has 5 heteroatoms. The van der Waals surface area contributed by atoms with E-state index >= 15 is 0 Å². The van der Waals surface area contributed by atoms with E-state index in [0.717, 1.165) is 50.5 Å². The van der Waals surface area contributed by atoms with E-state index in [4.69, 9.17) is 15.0 Å². The highest BCUT2D eigenvalue weighted by molar-refractivity contribution is 8.04. The van der Waals surface area contributed by atoms with Crippen LogP contribution in [0, 0.1) is 13.8 Å². The third kappa shape index (κ3) is 4.03. The van der Waals surface area contributed by atoms with Gasteiger partial charge in [-0.1, -0.05) is 30.0 Å². The topological polar surface area (TPSA) is 49.4 Å². The molecule has 0 atom stereocenters. The number of thioether (sulfide) groups is 1. The van der Waals surface area contributed by atoms with Crippen molar-refractivity contribution in [3.05, 3.63) is 124 Å². The van der Waals surface area contributed by atoms with Gasteiger partial charge in [0, 0.05) is 9.80 Å². The number of fused-ring (bicyclic) bond motifs is 4. The molecule has 0 saturated carbocycles. The number of nitrogens with zero attached hydrogens (tertiary/aromatic N) is 4. The van der Waals surface area contributed by atoms with Crippen LogP contribution in [0.25, 0.3) is 0 Å². The molecule has 5 heterocycles. The van der Waals surface area contributed by atoms with Crippen molar-refractivity contribution in [1.29, 1.82) is 0 Å². The summed E-state index contributed by atoms with van der Waals surface area (Å²) in [6, 6.07) is 6.40. The van der Waals surface area contributed by atoms with Gasteiger partial charge < -0.3 is 0 Å². The number of allylic oxidation sites excluding steroid dienone is 12. The lowest BCUT2D eigenvalue weighted by atomic mass is 10.2. The summed E-state index contributed by atoms with van der Waals surface area (Å²) in [6.45, 7) is 4.30. The molecular weight excluding hydrogens is 424 g/mol. The normalized spacial score (nSPS) is 20.0. The van der Waals surface area contributed by atoms with Crippen LogP contribution in [-0.2, 0) is 0 Å². The first kappa shape index (κ1) is 19.8. The van der Waals surface area contributed by atoms with Crippen molar-refractivity contribution in [1.82, 2.24) is 0 Å². The van der Waals surface area contributed by atoms with Gasteiger partial charge in [0.15, 0.2) is 0 Å². The number of aliphatic imine (C=N–C) groups is 4. The standard InChI is InChI=1S/C28H20N4S/c1-17-4-3-5-18(2)28(17)33-27-16-25-14-23-9-8-21(30-23)12-19-6-7-20(29-19)13-22-10-11-24(31-22)15-26(27)32-25/h3-16H,1-2H3. The van der Waals surface area contributed by atoms with Crippen LogP contribution in [0.1, 0.15) is 11.1 Å². The summed E-state index contributed by atoms with van der Waals surface area (Å²) in [5.41, 5.74) is 9.63. The van der Waals surface area contributed by atoms with Gasteiger partial charge in [0.1, 0.15) is 0 Å². The minimum absolute atomic E-state index is 0.882. The Morgan fingerprint density at radius 2 is 1.06 bits per heavy atom. The van der Waals surface area contributed by atoms with Crippen LogP contribution >= 0.6 is 11.8 Å². The van der Waals surface area contributed by atoms with Crippen LogP contribution in [-0.4, -0.2) is 22.8 Å². The zero-order chi connectivity index (χ0) is 22.4. The fraction of sp³-hybridized carbons (Fsp3) is 0.0714. The molecule has 1 aromatic rings. The Balaban J connectivity index is 1.46. The molecular formula is C28H20N4S. The molecule has 0 N–H and O–H groups in total. The van der Waals surface area contributed by atoms with Gasteiger partial charge in [0.2, 0.25) is 0 Å². The van der Waals surface area contributed by atoms with E-state index < -0.39 is 0 Å². The quantitative estimate of drug-likeness (QED) is 0.527. The smallest absolute Gasteiger partial charge is 0.0798 e. The molecule has 0 fully saturated rings. The first-order valence-corrected chi connectivity index (χ1v) is 11.6. The molecule has 0 saturated heterocycles. The fourth-order valence-electron chi connectivity index (χ4n) is 4.02. The molecule has 0 spiro atoms. The highest BCUT2D eigenvalue weighted by atomic mass is 32.2. The van der Waals surface area contributed by atoms with Crippen molar-refractivity contribution in [2.24, 2.45) is 20.0 Å². The molecule has 1 aromatic carbocycles. The Morgan fingerprint density at radius 3 is 1.64 bits per heavy atom. The van der Waals surface area contributed by atoms with Gasteiger partial charge in [-0.05, 0) is 91.8 Å². The Labute approximate surface area is 197 Å². The average molecular weight is 445 g/mol. The predicted octanol–water partition coefficient (Wildman–Crippen LogP) is 6.32. The van der Waals surface area contributed by atoms with Crippen LogP contribution in [0.4, 0.5) is 0 Å². The second kappa shape index (κ2) is 7.94. The number of aryl methyl sites for hydroxylation is 2. The van der Waals surface area contributed by atoms with E-state index in [1.807, 2.05) is 54.7 Å². The van der Waals surface area contributed by atoms with Crippen molar-refractivity contribution >= 4 is 34.6 Å². The molecule has 0 aromatic heterocycles. The third-order valence-corrected chi connectivity index (χ3v) is 7.02. The van der Waals surface area contributed by atoms with Gasteiger partial charge in [-0.25, -0.2) is 20.0 Å². The van der Waals surface area contributed by atoms with Crippen LogP contribution in [0.5, 0.6) is 0 Å². The zero-order valence-corrected chi connectivity index (χ0v) is 19.1. The van der Waals surface area contributed by atoms with Crippen LogP contribution in [0.2, 0.25) is 0 Å². The van der Waals surface area contributed by atoms with E-state index in [1.54, 1.807) is 11.8 Å². The summed E-state index contributed by atoms with van der Waals surface area (Å²) in [5.74, 6) is 0. The first-order chi connectivity index (χ1) is 16.1. The molecule has 33 heavy (non-hydrogen) atoms. The van der Waals surface area contributed by atoms with E-state index in [-0.39, 0.29) is 0 Å². The number of rotatable bonds is 2. The third-order valence-electron chi connectivity index (χ3n) is 5.62. The second-order valence-corrected chi connectivity index (χ2v) is 9.27. The molecule has 0 unspecified atom stereocenters. The van der Waals surface area contributed by atoms with Crippen molar-refractivity contribution in [2.45, 2.75) is 18.7 Å². The molecule has 5 aliphatic heterocycles. The maximum absolute atomic E-state index is 4.93. The van der Waals surface area contributed by atoms with E-state index in [1.165, 1.54) is 16.0 Å².